The van der Waals surface area contributed by atoms with Crippen molar-refractivity contribution >= 4 is 17.6 Å². The summed E-state index contributed by atoms with van der Waals surface area (Å²) in [4.78, 5) is 24.3. The second-order valence-electron chi connectivity index (χ2n) is 6.11. The number of amides is 3. The molecule has 2 aromatic carbocycles. The van der Waals surface area contributed by atoms with Crippen molar-refractivity contribution in [2.75, 3.05) is 11.9 Å². The summed E-state index contributed by atoms with van der Waals surface area (Å²) in [7, 11) is 0. The molecule has 5 nitrogen and oxygen atoms in total. The van der Waals surface area contributed by atoms with Gasteiger partial charge in [0.05, 0.1) is 0 Å². The molecule has 2 rings (SSSR count). The molecule has 0 radical (unpaired) electrons. The number of rotatable bonds is 6. The molecule has 3 amide bonds. The molecule has 0 aliphatic rings. The molecule has 0 aromatic heterocycles. The molecule has 3 N–H and O–H groups in total. The molecular weight excluding hydrogens is 314 g/mol. The van der Waals surface area contributed by atoms with Gasteiger partial charge in [-0.15, -0.1) is 0 Å². The predicted molar refractivity (Wildman–Crippen MR) is 101 cm³/mol. The molecule has 0 saturated carbocycles. The van der Waals surface area contributed by atoms with Gasteiger partial charge in [-0.1, -0.05) is 56.3 Å². The average Bonchev–Trinajstić information content (AvgIpc) is 2.61. The highest BCUT2D eigenvalue weighted by Crippen LogP contribution is 2.22. The summed E-state index contributed by atoms with van der Waals surface area (Å²) in [6.07, 6.45) is 0. The molecule has 1 atom stereocenters. The van der Waals surface area contributed by atoms with Crippen molar-refractivity contribution in [1.82, 2.24) is 10.6 Å². The number of urea groups is 1. The van der Waals surface area contributed by atoms with E-state index in [1.165, 1.54) is 5.56 Å². The Kier molecular flexibility index (Phi) is 6.57. The minimum atomic E-state index is -0.659. The van der Waals surface area contributed by atoms with Crippen LogP contribution in [0.5, 0.6) is 0 Å². The van der Waals surface area contributed by atoms with Crippen LogP contribution in [0.1, 0.15) is 43.9 Å². The van der Waals surface area contributed by atoms with Crippen LogP contribution in [-0.4, -0.2) is 18.5 Å². The van der Waals surface area contributed by atoms with E-state index < -0.39 is 18.0 Å². The normalized spacial score (nSPS) is 11.7. The SMILES string of the molecule is CCNC(=O)NC(=O)[C@@H](Nc1ccc(C(C)C)cc1)c1ccccc1. The van der Waals surface area contributed by atoms with Crippen LogP contribution in [0, 0.1) is 0 Å². The zero-order chi connectivity index (χ0) is 18.2. The first-order valence-corrected chi connectivity index (χ1v) is 8.51. The van der Waals surface area contributed by atoms with Gasteiger partial charge < -0.3 is 10.6 Å². The quantitative estimate of drug-likeness (QED) is 0.749. The van der Waals surface area contributed by atoms with Crippen molar-refractivity contribution in [2.24, 2.45) is 0 Å². The molecule has 0 aliphatic carbocycles. The van der Waals surface area contributed by atoms with E-state index in [0.717, 1.165) is 11.3 Å². The molecule has 0 spiro atoms. The highest BCUT2D eigenvalue weighted by molar-refractivity contribution is 5.98. The summed E-state index contributed by atoms with van der Waals surface area (Å²) in [5.41, 5.74) is 2.84. The number of benzene rings is 2. The largest absolute Gasteiger partial charge is 0.370 e. The summed E-state index contributed by atoms with van der Waals surface area (Å²) in [6.45, 7) is 6.52. The van der Waals surface area contributed by atoms with Crippen LogP contribution in [0.4, 0.5) is 10.5 Å². The van der Waals surface area contributed by atoms with Crippen molar-refractivity contribution in [3.63, 3.8) is 0 Å². The van der Waals surface area contributed by atoms with E-state index in [1.54, 1.807) is 6.92 Å². The van der Waals surface area contributed by atoms with Crippen LogP contribution in [0.25, 0.3) is 0 Å². The Balaban J connectivity index is 2.20. The smallest absolute Gasteiger partial charge is 0.321 e. The van der Waals surface area contributed by atoms with Gasteiger partial charge in [-0.25, -0.2) is 4.79 Å². The number of anilines is 1. The van der Waals surface area contributed by atoms with Gasteiger partial charge >= 0.3 is 6.03 Å². The molecule has 0 bridgehead atoms. The van der Waals surface area contributed by atoms with Crippen molar-refractivity contribution in [3.8, 4) is 0 Å². The van der Waals surface area contributed by atoms with Crippen LogP contribution >= 0.6 is 0 Å². The molecule has 0 fully saturated rings. The first-order chi connectivity index (χ1) is 12.0. The van der Waals surface area contributed by atoms with Gasteiger partial charge in [0.25, 0.3) is 5.91 Å². The topological polar surface area (TPSA) is 70.2 Å². The lowest BCUT2D eigenvalue weighted by atomic mass is 10.0. The molecule has 2 aromatic rings. The highest BCUT2D eigenvalue weighted by atomic mass is 16.2. The second kappa shape index (κ2) is 8.87. The Labute approximate surface area is 148 Å². The maximum Gasteiger partial charge on any atom is 0.321 e. The molecule has 132 valence electrons. The van der Waals surface area contributed by atoms with Gasteiger partial charge in [0, 0.05) is 12.2 Å². The third-order valence-electron chi connectivity index (χ3n) is 3.86. The number of carbonyl (C=O) groups is 2. The third kappa shape index (κ3) is 5.35. The number of imide groups is 1. The lowest BCUT2D eigenvalue weighted by molar-refractivity contribution is -0.120. The van der Waals surface area contributed by atoms with Crippen molar-refractivity contribution < 1.29 is 9.59 Å². The van der Waals surface area contributed by atoms with E-state index in [-0.39, 0.29) is 0 Å². The summed E-state index contributed by atoms with van der Waals surface area (Å²) < 4.78 is 0. The minimum Gasteiger partial charge on any atom is -0.370 e. The van der Waals surface area contributed by atoms with E-state index in [4.69, 9.17) is 0 Å². The van der Waals surface area contributed by atoms with Crippen LogP contribution in [0.2, 0.25) is 0 Å². The standard InChI is InChI=1S/C20H25N3O2/c1-4-21-20(25)23-19(24)18(16-8-6-5-7-9-16)22-17-12-10-15(11-13-17)14(2)3/h5-14,18,22H,4H2,1-3H3,(H2,21,23,24,25)/t18-/m0/s1. The molecule has 5 heteroatoms. The lowest BCUT2D eigenvalue weighted by Gasteiger charge is -2.20. The first kappa shape index (κ1) is 18.5. The lowest BCUT2D eigenvalue weighted by Crippen LogP contribution is -2.43. The molecule has 0 aliphatic heterocycles. The van der Waals surface area contributed by atoms with Crippen LogP contribution in [-0.2, 0) is 4.79 Å². The zero-order valence-corrected chi connectivity index (χ0v) is 14.9. The Morgan fingerprint density at radius 1 is 0.920 bits per heavy atom. The number of hydrogen-bond acceptors (Lipinski definition) is 3. The van der Waals surface area contributed by atoms with E-state index >= 15 is 0 Å². The maximum absolute atomic E-state index is 12.6. The molecule has 0 saturated heterocycles. The Bertz CT molecular complexity index is 697. The van der Waals surface area contributed by atoms with Gasteiger partial charge in [0.2, 0.25) is 0 Å². The van der Waals surface area contributed by atoms with Gasteiger partial charge in [-0.05, 0) is 36.1 Å². The highest BCUT2D eigenvalue weighted by Gasteiger charge is 2.22. The van der Waals surface area contributed by atoms with Crippen molar-refractivity contribution in [3.05, 3.63) is 65.7 Å². The average molecular weight is 339 g/mol. The van der Waals surface area contributed by atoms with E-state index in [1.807, 2.05) is 54.6 Å². The number of hydrogen-bond donors (Lipinski definition) is 3. The minimum absolute atomic E-state index is 0.398. The molecular formula is C20H25N3O2. The summed E-state index contributed by atoms with van der Waals surface area (Å²) in [5.74, 6) is 0.0464. The Morgan fingerprint density at radius 3 is 2.12 bits per heavy atom. The third-order valence-corrected chi connectivity index (χ3v) is 3.86. The van der Waals surface area contributed by atoms with Gasteiger partial charge in [-0.3, -0.25) is 10.1 Å². The fraction of sp³-hybridized carbons (Fsp3) is 0.300. The van der Waals surface area contributed by atoms with Gasteiger partial charge in [-0.2, -0.15) is 0 Å². The van der Waals surface area contributed by atoms with E-state index in [2.05, 4.69) is 29.8 Å². The summed E-state index contributed by atoms with van der Waals surface area (Å²) >= 11 is 0. The monoisotopic (exact) mass is 339 g/mol. The summed E-state index contributed by atoms with van der Waals surface area (Å²) in [6, 6.07) is 16.2. The fourth-order valence-electron chi connectivity index (χ4n) is 2.47. The molecule has 0 unspecified atom stereocenters. The Hall–Kier alpha value is -2.82. The molecule has 0 heterocycles. The van der Waals surface area contributed by atoms with E-state index in [0.29, 0.717) is 12.5 Å². The van der Waals surface area contributed by atoms with Crippen LogP contribution in [0.3, 0.4) is 0 Å². The van der Waals surface area contributed by atoms with Gasteiger partial charge in [0.1, 0.15) is 6.04 Å². The predicted octanol–water partition coefficient (Wildman–Crippen LogP) is 3.81. The van der Waals surface area contributed by atoms with Crippen LogP contribution < -0.4 is 16.0 Å². The van der Waals surface area contributed by atoms with E-state index in [9.17, 15) is 9.59 Å². The molecule has 25 heavy (non-hydrogen) atoms. The van der Waals surface area contributed by atoms with Gasteiger partial charge in [0.15, 0.2) is 0 Å². The zero-order valence-electron chi connectivity index (χ0n) is 14.9. The van der Waals surface area contributed by atoms with Crippen LogP contribution in [0.15, 0.2) is 54.6 Å². The number of nitrogens with one attached hydrogen (secondary N) is 3. The van der Waals surface area contributed by atoms with Crippen molar-refractivity contribution in [2.45, 2.75) is 32.7 Å². The second-order valence-corrected chi connectivity index (χ2v) is 6.11. The maximum atomic E-state index is 12.6. The Morgan fingerprint density at radius 2 is 1.56 bits per heavy atom. The number of carbonyl (C=O) groups excluding carboxylic acids is 2. The van der Waals surface area contributed by atoms with Crippen molar-refractivity contribution in [1.29, 1.82) is 0 Å². The first-order valence-electron chi connectivity index (χ1n) is 8.51. The summed E-state index contributed by atoms with van der Waals surface area (Å²) in [5, 5.41) is 8.16. The fourth-order valence-corrected chi connectivity index (χ4v) is 2.47.